The van der Waals surface area contributed by atoms with Crippen molar-refractivity contribution in [3.63, 3.8) is 0 Å². The van der Waals surface area contributed by atoms with Gasteiger partial charge < -0.3 is 9.84 Å². The van der Waals surface area contributed by atoms with Gasteiger partial charge in [0.1, 0.15) is 12.4 Å². The van der Waals surface area contributed by atoms with Crippen molar-refractivity contribution in [2.75, 3.05) is 0 Å². The Morgan fingerprint density at radius 3 is 2.82 bits per heavy atom. The summed E-state index contributed by atoms with van der Waals surface area (Å²) < 4.78 is 7.46. The molecule has 90 valence electrons. The van der Waals surface area contributed by atoms with Gasteiger partial charge in [0, 0.05) is 18.8 Å². The van der Waals surface area contributed by atoms with Gasteiger partial charge in [0.25, 0.3) is 0 Å². The molecule has 1 aromatic carbocycles. The van der Waals surface area contributed by atoms with Gasteiger partial charge in [-0.1, -0.05) is 18.2 Å². The molecule has 0 unspecified atom stereocenters. The second kappa shape index (κ2) is 5.01. The molecule has 0 amide bonds. The lowest BCUT2D eigenvalue weighted by atomic mass is 10.1. The fourth-order valence-electron chi connectivity index (χ4n) is 1.73. The van der Waals surface area contributed by atoms with Crippen LogP contribution in [0.5, 0.6) is 5.75 Å². The van der Waals surface area contributed by atoms with Crippen molar-refractivity contribution >= 4 is 0 Å². The molecule has 0 bridgehead atoms. The summed E-state index contributed by atoms with van der Waals surface area (Å²) in [4.78, 5) is 0. The van der Waals surface area contributed by atoms with Crippen LogP contribution in [-0.2, 0) is 20.3 Å². The second-order valence-electron chi connectivity index (χ2n) is 3.99. The van der Waals surface area contributed by atoms with Gasteiger partial charge in [0.15, 0.2) is 0 Å². The molecular weight excluding hydrogens is 216 g/mol. The van der Waals surface area contributed by atoms with Crippen LogP contribution in [0.2, 0.25) is 0 Å². The maximum atomic E-state index is 9.24. The van der Waals surface area contributed by atoms with E-state index < -0.39 is 0 Å². The number of nitrogens with zero attached hydrogens (tertiary/aromatic N) is 2. The highest BCUT2D eigenvalue weighted by Crippen LogP contribution is 2.24. The van der Waals surface area contributed by atoms with E-state index in [9.17, 15) is 5.11 Å². The molecule has 17 heavy (non-hydrogen) atoms. The number of para-hydroxylation sites is 1. The Morgan fingerprint density at radius 1 is 1.35 bits per heavy atom. The van der Waals surface area contributed by atoms with Crippen LogP contribution in [0, 0.1) is 6.92 Å². The molecule has 0 saturated carbocycles. The van der Waals surface area contributed by atoms with Crippen molar-refractivity contribution in [3.8, 4) is 5.75 Å². The fraction of sp³-hybridized carbons (Fsp3) is 0.308. The van der Waals surface area contributed by atoms with Crippen molar-refractivity contribution in [2.45, 2.75) is 20.1 Å². The lowest BCUT2D eigenvalue weighted by Gasteiger charge is -2.11. The monoisotopic (exact) mass is 232 g/mol. The largest absolute Gasteiger partial charge is 0.487 e. The maximum absolute atomic E-state index is 9.24. The Labute approximate surface area is 100 Å². The fourth-order valence-corrected chi connectivity index (χ4v) is 1.73. The van der Waals surface area contributed by atoms with E-state index >= 15 is 0 Å². The minimum absolute atomic E-state index is 0.0147. The molecule has 2 rings (SSSR count). The second-order valence-corrected chi connectivity index (χ2v) is 3.99. The Kier molecular flexibility index (Phi) is 3.44. The smallest absolute Gasteiger partial charge is 0.132 e. The third kappa shape index (κ3) is 2.65. The molecule has 0 saturated heterocycles. The molecular formula is C13H16N2O2. The zero-order chi connectivity index (χ0) is 12.3. The molecule has 0 atom stereocenters. The SMILES string of the molecule is Cc1cccc(CO)c1OCc1ccn(C)n1. The summed E-state index contributed by atoms with van der Waals surface area (Å²) in [5.74, 6) is 0.751. The zero-order valence-electron chi connectivity index (χ0n) is 10.1. The summed E-state index contributed by atoms with van der Waals surface area (Å²) in [5, 5.41) is 13.5. The van der Waals surface area contributed by atoms with E-state index in [0.29, 0.717) is 6.61 Å². The lowest BCUT2D eigenvalue weighted by molar-refractivity contribution is 0.256. The quantitative estimate of drug-likeness (QED) is 0.874. The topological polar surface area (TPSA) is 47.3 Å². The van der Waals surface area contributed by atoms with Crippen molar-refractivity contribution in [1.29, 1.82) is 0 Å². The molecule has 2 aromatic rings. The lowest BCUT2D eigenvalue weighted by Crippen LogP contribution is -2.02. The Balaban J connectivity index is 2.13. The molecule has 0 aliphatic carbocycles. The number of aryl methyl sites for hydroxylation is 2. The van der Waals surface area contributed by atoms with Crippen molar-refractivity contribution in [2.24, 2.45) is 7.05 Å². The molecule has 4 nitrogen and oxygen atoms in total. The highest BCUT2D eigenvalue weighted by atomic mass is 16.5. The van der Waals surface area contributed by atoms with Crippen molar-refractivity contribution < 1.29 is 9.84 Å². The summed E-state index contributed by atoms with van der Waals surface area (Å²) in [6, 6.07) is 7.65. The van der Waals surface area contributed by atoms with Gasteiger partial charge in [-0.2, -0.15) is 5.10 Å². The first-order valence-corrected chi connectivity index (χ1v) is 5.51. The number of hydrogen-bond donors (Lipinski definition) is 1. The highest BCUT2D eigenvalue weighted by molar-refractivity contribution is 5.40. The summed E-state index contributed by atoms with van der Waals surface area (Å²) in [6.07, 6.45) is 1.88. The summed E-state index contributed by atoms with van der Waals surface area (Å²) in [6.45, 7) is 2.37. The molecule has 4 heteroatoms. The molecule has 1 heterocycles. The summed E-state index contributed by atoms with van der Waals surface area (Å²) >= 11 is 0. The predicted octanol–water partition coefficient (Wildman–Crippen LogP) is 1.80. The number of rotatable bonds is 4. The average molecular weight is 232 g/mol. The van der Waals surface area contributed by atoms with Gasteiger partial charge in [0.2, 0.25) is 0 Å². The number of ether oxygens (including phenoxy) is 1. The number of hydrogen-bond acceptors (Lipinski definition) is 3. The molecule has 0 spiro atoms. The van der Waals surface area contributed by atoms with E-state index in [1.165, 1.54) is 0 Å². The van der Waals surface area contributed by atoms with E-state index in [4.69, 9.17) is 4.74 Å². The molecule has 0 fully saturated rings. The van der Waals surface area contributed by atoms with E-state index in [0.717, 1.165) is 22.6 Å². The van der Waals surface area contributed by atoms with Crippen LogP contribution >= 0.6 is 0 Å². The molecule has 0 aliphatic rings. The Morgan fingerprint density at radius 2 is 2.18 bits per heavy atom. The van der Waals surface area contributed by atoms with E-state index in [1.807, 2.05) is 44.4 Å². The first-order valence-electron chi connectivity index (χ1n) is 5.51. The zero-order valence-corrected chi connectivity index (χ0v) is 10.1. The van der Waals surface area contributed by atoms with Crippen LogP contribution in [0.25, 0.3) is 0 Å². The van der Waals surface area contributed by atoms with Gasteiger partial charge in [0.05, 0.1) is 12.3 Å². The highest BCUT2D eigenvalue weighted by Gasteiger charge is 2.07. The molecule has 1 N–H and O–H groups in total. The van der Waals surface area contributed by atoms with E-state index in [-0.39, 0.29) is 6.61 Å². The number of benzene rings is 1. The normalized spacial score (nSPS) is 10.5. The number of aliphatic hydroxyl groups is 1. The number of aliphatic hydroxyl groups excluding tert-OH is 1. The van der Waals surface area contributed by atoms with E-state index in [2.05, 4.69) is 5.10 Å². The van der Waals surface area contributed by atoms with Crippen molar-refractivity contribution in [3.05, 3.63) is 47.3 Å². The minimum atomic E-state index is -0.0147. The van der Waals surface area contributed by atoms with Crippen LogP contribution in [0.4, 0.5) is 0 Å². The Hall–Kier alpha value is -1.81. The third-order valence-corrected chi connectivity index (χ3v) is 2.60. The third-order valence-electron chi connectivity index (χ3n) is 2.60. The first kappa shape index (κ1) is 11.7. The van der Waals surface area contributed by atoms with Crippen LogP contribution in [0.15, 0.2) is 30.5 Å². The van der Waals surface area contributed by atoms with Crippen LogP contribution in [0.3, 0.4) is 0 Å². The molecule has 0 radical (unpaired) electrons. The van der Waals surface area contributed by atoms with E-state index in [1.54, 1.807) is 4.68 Å². The van der Waals surface area contributed by atoms with Crippen molar-refractivity contribution in [1.82, 2.24) is 9.78 Å². The van der Waals surface area contributed by atoms with Crippen LogP contribution in [-0.4, -0.2) is 14.9 Å². The maximum Gasteiger partial charge on any atom is 0.132 e. The standard InChI is InChI=1S/C13H16N2O2/c1-10-4-3-5-11(8-16)13(10)17-9-12-6-7-15(2)14-12/h3-7,16H,8-9H2,1-2H3. The molecule has 0 aliphatic heterocycles. The first-order chi connectivity index (χ1) is 8.20. The van der Waals surface area contributed by atoms with Gasteiger partial charge in [-0.25, -0.2) is 0 Å². The van der Waals surface area contributed by atoms with Crippen LogP contribution < -0.4 is 4.74 Å². The average Bonchev–Trinajstić information content (AvgIpc) is 2.73. The Bertz CT molecular complexity index is 506. The molecule has 1 aromatic heterocycles. The summed E-state index contributed by atoms with van der Waals surface area (Å²) in [7, 11) is 1.87. The van der Waals surface area contributed by atoms with Gasteiger partial charge in [-0.05, 0) is 18.6 Å². The summed E-state index contributed by atoms with van der Waals surface area (Å²) in [5.41, 5.74) is 2.70. The van der Waals surface area contributed by atoms with Gasteiger partial charge >= 0.3 is 0 Å². The van der Waals surface area contributed by atoms with Gasteiger partial charge in [-0.15, -0.1) is 0 Å². The minimum Gasteiger partial charge on any atom is -0.487 e. The number of aromatic nitrogens is 2. The van der Waals surface area contributed by atoms with Gasteiger partial charge in [-0.3, -0.25) is 4.68 Å². The van der Waals surface area contributed by atoms with Crippen LogP contribution in [0.1, 0.15) is 16.8 Å². The predicted molar refractivity (Wildman–Crippen MR) is 64.6 cm³/mol.